The van der Waals surface area contributed by atoms with Crippen LogP contribution in [0.2, 0.25) is 0 Å². The summed E-state index contributed by atoms with van der Waals surface area (Å²) in [6.45, 7) is 2.66. The molecule has 0 fully saturated rings. The molecule has 2 amide bonds. The summed E-state index contributed by atoms with van der Waals surface area (Å²) >= 11 is 0. The molecule has 0 saturated heterocycles. The lowest BCUT2D eigenvalue weighted by Gasteiger charge is -2.18. The Morgan fingerprint density at radius 1 is 0.793 bits per heavy atom. The van der Waals surface area contributed by atoms with Gasteiger partial charge in [0.15, 0.2) is 0 Å². The Morgan fingerprint density at radius 2 is 1.34 bits per heavy atom. The lowest BCUT2D eigenvalue weighted by atomic mass is 9.88. The SMILES string of the molecule is CCCNC(=O)c1ccc(NC(=O)CC(c2ccccc2)c2ccccc2)cc1. The molecule has 3 rings (SSSR count). The number of benzene rings is 3. The lowest BCUT2D eigenvalue weighted by Crippen LogP contribution is -2.23. The van der Waals surface area contributed by atoms with E-state index in [2.05, 4.69) is 34.9 Å². The molecule has 0 saturated carbocycles. The fourth-order valence-electron chi connectivity index (χ4n) is 3.24. The van der Waals surface area contributed by atoms with Gasteiger partial charge < -0.3 is 10.6 Å². The normalized spacial score (nSPS) is 10.6. The summed E-state index contributed by atoms with van der Waals surface area (Å²) in [6, 6.07) is 27.1. The van der Waals surface area contributed by atoms with Crippen molar-refractivity contribution in [3.63, 3.8) is 0 Å². The summed E-state index contributed by atoms with van der Waals surface area (Å²) in [4.78, 5) is 24.7. The lowest BCUT2D eigenvalue weighted by molar-refractivity contribution is -0.116. The van der Waals surface area contributed by atoms with Gasteiger partial charge in [-0.2, -0.15) is 0 Å². The minimum Gasteiger partial charge on any atom is -0.352 e. The van der Waals surface area contributed by atoms with Crippen molar-refractivity contribution in [3.05, 3.63) is 102 Å². The fourth-order valence-corrected chi connectivity index (χ4v) is 3.24. The highest BCUT2D eigenvalue weighted by molar-refractivity contribution is 5.96. The summed E-state index contributed by atoms with van der Waals surface area (Å²) in [5.41, 5.74) is 3.48. The van der Waals surface area contributed by atoms with Crippen molar-refractivity contribution in [1.82, 2.24) is 5.32 Å². The average molecular weight is 386 g/mol. The van der Waals surface area contributed by atoms with Gasteiger partial charge in [-0.1, -0.05) is 67.6 Å². The molecule has 3 aromatic rings. The second-order valence-corrected chi connectivity index (χ2v) is 6.96. The second-order valence-electron chi connectivity index (χ2n) is 6.96. The third-order valence-corrected chi connectivity index (χ3v) is 4.76. The Hall–Kier alpha value is -3.40. The van der Waals surface area contributed by atoms with E-state index in [0.717, 1.165) is 17.5 Å². The van der Waals surface area contributed by atoms with Gasteiger partial charge in [0, 0.05) is 30.1 Å². The number of nitrogens with one attached hydrogen (secondary N) is 2. The van der Waals surface area contributed by atoms with E-state index in [4.69, 9.17) is 0 Å². The first-order chi connectivity index (χ1) is 14.2. The van der Waals surface area contributed by atoms with Gasteiger partial charge in [-0.05, 0) is 41.8 Å². The zero-order valence-electron chi connectivity index (χ0n) is 16.6. The number of amides is 2. The molecule has 2 N–H and O–H groups in total. The zero-order valence-corrected chi connectivity index (χ0v) is 16.6. The van der Waals surface area contributed by atoms with Crippen molar-refractivity contribution in [2.24, 2.45) is 0 Å². The van der Waals surface area contributed by atoms with Gasteiger partial charge in [0.25, 0.3) is 5.91 Å². The molecule has 0 spiro atoms. The fraction of sp³-hybridized carbons (Fsp3) is 0.200. The molecule has 0 atom stereocenters. The quantitative estimate of drug-likeness (QED) is 0.573. The summed E-state index contributed by atoms with van der Waals surface area (Å²) in [5.74, 6) is -0.180. The molecule has 3 aromatic carbocycles. The van der Waals surface area contributed by atoms with E-state index in [1.165, 1.54) is 0 Å². The van der Waals surface area contributed by atoms with Crippen LogP contribution >= 0.6 is 0 Å². The first-order valence-corrected chi connectivity index (χ1v) is 9.95. The predicted octanol–water partition coefficient (Wildman–Crippen LogP) is 4.99. The van der Waals surface area contributed by atoms with E-state index in [0.29, 0.717) is 24.2 Å². The van der Waals surface area contributed by atoms with E-state index in [9.17, 15) is 9.59 Å². The Balaban J connectivity index is 1.68. The monoisotopic (exact) mass is 386 g/mol. The summed E-state index contributed by atoms with van der Waals surface area (Å²) in [5, 5.41) is 5.80. The number of rotatable bonds is 8. The van der Waals surface area contributed by atoms with Gasteiger partial charge in [-0.3, -0.25) is 9.59 Å². The van der Waals surface area contributed by atoms with Gasteiger partial charge in [0.2, 0.25) is 5.91 Å². The molecule has 148 valence electrons. The maximum Gasteiger partial charge on any atom is 0.251 e. The number of carbonyl (C=O) groups is 2. The van der Waals surface area contributed by atoms with Crippen LogP contribution in [-0.4, -0.2) is 18.4 Å². The molecule has 0 heterocycles. The maximum atomic E-state index is 12.7. The number of hydrogen-bond acceptors (Lipinski definition) is 2. The molecule has 4 nitrogen and oxygen atoms in total. The third-order valence-electron chi connectivity index (χ3n) is 4.76. The van der Waals surface area contributed by atoms with Crippen LogP contribution in [0.25, 0.3) is 0 Å². The van der Waals surface area contributed by atoms with Crippen molar-refractivity contribution in [2.45, 2.75) is 25.7 Å². The molecule has 29 heavy (non-hydrogen) atoms. The van der Waals surface area contributed by atoms with E-state index in [1.54, 1.807) is 24.3 Å². The molecular formula is C25H26N2O2. The highest BCUT2D eigenvalue weighted by atomic mass is 16.2. The average Bonchev–Trinajstić information content (AvgIpc) is 2.77. The first-order valence-electron chi connectivity index (χ1n) is 9.95. The van der Waals surface area contributed by atoms with Crippen molar-refractivity contribution in [2.75, 3.05) is 11.9 Å². The van der Waals surface area contributed by atoms with Crippen LogP contribution in [0.5, 0.6) is 0 Å². The molecule has 4 heteroatoms. The topological polar surface area (TPSA) is 58.2 Å². The van der Waals surface area contributed by atoms with Crippen LogP contribution in [0.4, 0.5) is 5.69 Å². The van der Waals surface area contributed by atoms with Crippen LogP contribution in [-0.2, 0) is 4.79 Å². The highest BCUT2D eigenvalue weighted by Crippen LogP contribution is 2.28. The summed E-state index contributed by atoms with van der Waals surface area (Å²) in [7, 11) is 0. The molecule has 0 aromatic heterocycles. The zero-order chi connectivity index (χ0) is 20.5. The van der Waals surface area contributed by atoms with Gasteiger partial charge in [0.1, 0.15) is 0 Å². The van der Waals surface area contributed by atoms with Gasteiger partial charge in [-0.25, -0.2) is 0 Å². The van der Waals surface area contributed by atoms with Crippen molar-refractivity contribution in [3.8, 4) is 0 Å². The number of carbonyl (C=O) groups excluding carboxylic acids is 2. The van der Waals surface area contributed by atoms with Gasteiger partial charge >= 0.3 is 0 Å². The predicted molar refractivity (Wildman–Crippen MR) is 117 cm³/mol. The van der Waals surface area contributed by atoms with Crippen LogP contribution in [0, 0.1) is 0 Å². The molecule has 0 aliphatic heterocycles. The standard InChI is InChI=1S/C25H26N2O2/c1-2-17-26-25(29)21-13-15-22(16-14-21)27-24(28)18-23(19-9-5-3-6-10-19)20-11-7-4-8-12-20/h3-16,23H,2,17-18H2,1H3,(H,26,29)(H,27,28). The van der Waals surface area contributed by atoms with Crippen LogP contribution in [0.15, 0.2) is 84.9 Å². The molecule has 0 bridgehead atoms. The molecule has 0 radical (unpaired) electrons. The number of hydrogen-bond donors (Lipinski definition) is 2. The minimum atomic E-state index is -0.0991. The molecule has 0 unspecified atom stereocenters. The van der Waals surface area contributed by atoms with Crippen molar-refractivity contribution in [1.29, 1.82) is 0 Å². The summed E-state index contributed by atoms with van der Waals surface area (Å²) in [6.07, 6.45) is 1.23. The second kappa shape index (κ2) is 10.2. The van der Waals surface area contributed by atoms with E-state index in [-0.39, 0.29) is 17.7 Å². The van der Waals surface area contributed by atoms with Gasteiger partial charge in [-0.15, -0.1) is 0 Å². The van der Waals surface area contributed by atoms with E-state index < -0.39 is 0 Å². The van der Waals surface area contributed by atoms with Crippen LogP contribution < -0.4 is 10.6 Å². The van der Waals surface area contributed by atoms with Gasteiger partial charge in [0.05, 0.1) is 0 Å². The first kappa shape index (κ1) is 20.3. The smallest absolute Gasteiger partial charge is 0.251 e. The van der Waals surface area contributed by atoms with Crippen molar-refractivity contribution >= 4 is 17.5 Å². The molecule has 0 aliphatic carbocycles. The Bertz CT molecular complexity index is 883. The highest BCUT2D eigenvalue weighted by Gasteiger charge is 2.18. The van der Waals surface area contributed by atoms with Crippen LogP contribution in [0.1, 0.15) is 47.2 Å². The Morgan fingerprint density at radius 3 is 1.86 bits per heavy atom. The van der Waals surface area contributed by atoms with Crippen molar-refractivity contribution < 1.29 is 9.59 Å². The Labute approximate surface area is 172 Å². The third kappa shape index (κ3) is 5.79. The minimum absolute atomic E-state index is 0.0171. The van der Waals surface area contributed by atoms with E-state index in [1.807, 2.05) is 43.3 Å². The Kier molecular flexibility index (Phi) is 7.17. The number of anilines is 1. The van der Waals surface area contributed by atoms with E-state index >= 15 is 0 Å². The summed E-state index contributed by atoms with van der Waals surface area (Å²) < 4.78 is 0. The molecular weight excluding hydrogens is 360 g/mol. The maximum absolute atomic E-state index is 12.7. The largest absolute Gasteiger partial charge is 0.352 e. The molecule has 0 aliphatic rings. The van der Waals surface area contributed by atoms with Crippen LogP contribution in [0.3, 0.4) is 0 Å².